The number of ether oxygens (including phenoxy) is 2. The minimum absolute atomic E-state index is 0.528. The van der Waals surface area contributed by atoms with E-state index in [-0.39, 0.29) is 0 Å². The van der Waals surface area contributed by atoms with Crippen LogP contribution in [0.4, 0.5) is 0 Å². The number of guanidine groups is 1. The van der Waals surface area contributed by atoms with Crippen LogP contribution in [-0.2, 0) is 24.4 Å². The van der Waals surface area contributed by atoms with Crippen molar-refractivity contribution in [3.63, 3.8) is 0 Å². The topological polar surface area (TPSA) is 72.7 Å². The van der Waals surface area contributed by atoms with Gasteiger partial charge in [-0.05, 0) is 38.3 Å². The Morgan fingerprint density at radius 1 is 1.20 bits per heavy atom. The number of rotatable bonds is 12. The quantitative estimate of drug-likeness (QED) is 0.315. The highest BCUT2D eigenvalue weighted by atomic mass is 16.5. The third-order valence-electron chi connectivity index (χ3n) is 4.44. The Labute approximate surface area is 180 Å². The standard InChI is InChI=1S/C23H37N5O2/c1-6-24-23(27-16-22-25-10-11-28(22)17-18(3)4)26-15-20-9-8-19(5)14-21(20)30-13-12-29-7-2/h8-11,14,18H,6-7,12-13,15-17H2,1-5H3,(H2,24,26,27). The van der Waals surface area contributed by atoms with Crippen LogP contribution in [0.15, 0.2) is 35.6 Å². The van der Waals surface area contributed by atoms with E-state index in [4.69, 9.17) is 14.5 Å². The second-order valence-electron chi connectivity index (χ2n) is 7.59. The van der Waals surface area contributed by atoms with Crippen LogP contribution in [0.25, 0.3) is 0 Å². The van der Waals surface area contributed by atoms with Gasteiger partial charge in [0.25, 0.3) is 0 Å². The van der Waals surface area contributed by atoms with Crippen molar-refractivity contribution in [1.29, 1.82) is 0 Å². The Kier molecular flexibility index (Phi) is 10.2. The highest BCUT2D eigenvalue weighted by Gasteiger charge is 2.08. The fourth-order valence-electron chi connectivity index (χ4n) is 3.02. The van der Waals surface area contributed by atoms with Gasteiger partial charge in [-0.1, -0.05) is 26.0 Å². The molecule has 0 fully saturated rings. The number of imidazole rings is 1. The first-order chi connectivity index (χ1) is 14.5. The first-order valence-electron chi connectivity index (χ1n) is 10.9. The van der Waals surface area contributed by atoms with E-state index in [0.717, 1.165) is 41.7 Å². The number of hydrogen-bond acceptors (Lipinski definition) is 4. The summed E-state index contributed by atoms with van der Waals surface area (Å²) >= 11 is 0. The van der Waals surface area contributed by atoms with Gasteiger partial charge in [0.1, 0.15) is 18.2 Å². The first kappa shape index (κ1) is 23.7. The van der Waals surface area contributed by atoms with Crippen molar-refractivity contribution in [2.75, 3.05) is 26.4 Å². The molecule has 0 aliphatic heterocycles. The Hall–Kier alpha value is -2.54. The summed E-state index contributed by atoms with van der Waals surface area (Å²) in [6.45, 7) is 15.2. The maximum atomic E-state index is 5.94. The lowest BCUT2D eigenvalue weighted by Gasteiger charge is -2.15. The predicted molar refractivity (Wildman–Crippen MR) is 122 cm³/mol. The number of aromatic nitrogens is 2. The molecule has 0 atom stereocenters. The van der Waals surface area contributed by atoms with Crippen molar-refractivity contribution >= 4 is 5.96 Å². The first-order valence-corrected chi connectivity index (χ1v) is 10.9. The number of nitrogens with one attached hydrogen (secondary N) is 2. The summed E-state index contributed by atoms with van der Waals surface area (Å²) in [6, 6.07) is 6.22. The smallest absolute Gasteiger partial charge is 0.191 e. The second kappa shape index (κ2) is 12.9. The van der Waals surface area contributed by atoms with Gasteiger partial charge >= 0.3 is 0 Å². The van der Waals surface area contributed by atoms with Gasteiger partial charge in [-0.25, -0.2) is 9.98 Å². The molecule has 0 unspecified atom stereocenters. The maximum Gasteiger partial charge on any atom is 0.191 e. The van der Waals surface area contributed by atoms with Gasteiger partial charge in [0.05, 0.1) is 19.7 Å². The van der Waals surface area contributed by atoms with E-state index in [2.05, 4.69) is 66.1 Å². The molecule has 1 aromatic carbocycles. The monoisotopic (exact) mass is 415 g/mol. The Balaban J connectivity index is 2.03. The molecule has 0 saturated heterocycles. The molecule has 2 N–H and O–H groups in total. The lowest BCUT2D eigenvalue weighted by Crippen LogP contribution is -2.37. The van der Waals surface area contributed by atoms with Gasteiger partial charge in [-0.2, -0.15) is 0 Å². The molecule has 166 valence electrons. The summed E-state index contributed by atoms with van der Waals surface area (Å²) in [5, 5.41) is 6.70. The Morgan fingerprint density at radius 2 is 2.03 bits per heavy atom. The highest BCUT2D eigenvalue weighted by molar-refractivity contribution is 5.79. The van der Waals surface area contributed by atoms with Crippen LogP contribution in [0.5, 0.6) is 5.75 Å². The SMILES string of the molecule is CCNC(=NCc1ccc(C)cc1OCCOCC)NCc1nccn1CC(C)C. The van der Waals surface area contributed by atoms with Gasteiger partial charge in [0.15, 0.2) is 5.96 Å². The summed E-state index contributed by atoms with van der Waals surface area (Å²) in [5.74, 6) is 3.20. The molecule has 0 saturated carbocycles. The van der Waals surface area contributed by atoms with Crippen molar-refractivity contribution in [2.45, 2.75) is 54.3 Å². The van der Waals surface area contributed by atoms with Crippen molar-refractivity contribution < 1.29 is 9.47 Å². The van der Waals surface area contributed by atoms with E-state index in [1.54, 1.807) is 0 Å². The van der Waals surface area contributed by atoms with Gasteiger partial charge in [0.2, 0.25) is 0 Å². The van der Waals surface area contributed by atoms with Crippen LogP contribution in [0.1, 0.15) is 44.6 Å². The van der Waals surface area contributed by atoms with E-state index >= 15 is 0 Å². The molecule has 7 nitrogen and oxygen atoms in total. The molecule has 0 radical (unpaired) electrons. The highest BCUT2D eigenvalue weighted by Crippen LogP contribution is 2.21. The molecule has 7 heteroatoms. The third kappa shape index (κ3) is 8.06. The van der Waals surface area contributed by atoms with E-state index in [1.165, 1.54) is 0 Å². The molecule has 0 bridgehead atoms. The Bertz CT molecular complexity index is 786. The molecule has 0 amide bonds. The average molecular weight is 416 g/mol. The largest absolute Gasteiger partial charge is 0.491 e. The van der Waals surface area contributed by atoms with Gasteiger partial charge in [-0.3, -0.25) is 0 Å². The molecule has 0 aliphatic carbocycles. The van der Waals surface area contributed by atoms with E-state index in [9.17, 15) is 0 Å². The van der Waals surface area contributed by atoms with Crippen LogP contribution in [0, 0.1) is 12.8 Å². The lowest BCUT2D eigenvalue weighted by atomic mass is 10.1. The number of aryl methyl sites for hydroxylation is 1. The maximum absolute atomic E-state index is 5.94. The minimum atomic E-state index is 0.528. The zero-order chi connectivity index (χ0) is 21.8. The van der Waals surface area contributed by atoms with Gasteiger partial charge in [0, 0.05) is 37.7 Å². The van der Waals surface area contributed by atoms with Gasteiger partial charge in [-0.15, -0.1) is 0 Å². The van der Waals surface area contributed by atoms with Crippen LogP contribution >= 0.6 is 0 Å². The third-order valence-corrected chi connectivity index (χ3v) is 4.44. The van der Waals surface area contributed by atoms with Crippen LogP contribution in [-0.4, -0.2) is 41.9 Å². The average Bonchev–Trinajstić information content (AvgIpc) is 3.14. The molecule has 1 aromatic heterocycles. The van der Waals surface area contributed by atoms with Crippen LogP contribution in [0.3, 0.4) is 0 Å². The fraction of sp³-hybridized carbons (Fsp3) is 0.565. The molecular weight excluding hydrogens is 378 g/mol. The summed E-state index contributed by atoms with van der Waals surface area (Å²) in [4.78, 5) is 9.23. The lowest BCUT2D eigenvalue weighted by molar-refractivity contribution is 0.110. The molecule has 0 spiro atoms. The van der Waals surface area contributed by atoms with Crippen LogP contribution < -0.4 is 15.4 Å². The minimum Gasteiger partial charge on any atom is -0.491 e. The molecule has 2 rings (SSSR count). The summed E-state index contributed by atoms with van der Waals surface area (Å²) in [5.41, 5.74) is 2.21. The molecular formula is C23H37N5O2. The van der Waals surface area contributed by atoms with E-state index < -0.39 is 0 Å². The summed E-state index contributed by atoms with van der Waals surface area (Å²) in [6.07, 6.45) is 3.88. The van der Waals surface area contributed by atoms with E-state index in [0.29, 0.717) is 38.8 Å². The molecule has 1 heterocycles. The normalized spacial score (nSPS) is 11.7. The molecule has 30 heavy (non-hydrogen) atoms. The number of nitrogens with zero attached hydrogens (tertiary/aromatic N) is 3. The zero-order valence-corrected chi connectivity index (χ0v) is 19.1. The van der Waals surface area contributed by atoms with Crippen molar-refractivity contribution in [3.05, 3.63) is 47.5 Å². The molecule has 2 aromatic rings. The number of benzene rings is 1. The summed E-state index contributed by atoms with van der Waals surface area (Å²) in [7, 11) is 0. The van der Waals surface area contributed by atoms with Crippen molar-refractivity contribution in [2.24, 2.45) is 10.9 Å². The van der Waals surface area contributed by atoms with Gasteiger partial charge < -0.3 is 24.7 Å². The van der Waals surface area contributed by atoms with Crippen molar-refractivity contribution in [3.8, 4) is 5.75 Å². The number of aliphatic imine (C=N–C) groups is 1. The molecule has 0 aliphatic rings. The number of hydrogen-bond donors (Lipinski definition) is 2. The Morgan fingerprint density at radius 3 is 2.77 bits per heavy atom. The van der Waals surface area contributed by atoms with E-state index in [1.807, 2.05) is 19.3 Å². The van der Waals surface area contributed by atoms with Crippen molar-refractivity contribution in [1.82, 2.24) is 20.2 Å². The zero-order valence-electron chi connectivity index (χ0n) is 19.1. The predicted octanol–water partition coefficient (Wildman–Crippen LogP) is 3.52. The fourth-order valence-corrected chi connectivity index (χ4v) is 3.02. The summed E-state index contributed by atoms with van der Waals surface area (Å²) < 4.78 is 13.5. The van der Waals surface area contributed by atoms with Crippen LogP contribution in [0.2, 0.25) is 0 Å². The second-order valence-corrected chi connectivity index (χ2v) is 7.59.